The van der Waals surface area contributed by atoms with E-state index in [1.807, 2.05) is 30.3 Å². The summed E-state index contributed by atoms with van der Waals surface area (Å²) in [6, 6.07) is 11.2. The van der Waals surface area contributed by atoms with Crippen molar-refractivity contribution in [3.8, 4) is 5.75 Å². The molecule has 0 radical (unpaired) electrons. The molecule has 2 aromatic rings. The SMILES string of the molecule is COc1csc(C(=O)N2C[C@H](C(=O)O)[C@H](c3ccccc3)C2)c1. The zero-order valence-corrected chi connectivity index (χ0v) is 13.5. The van der Waals surface area contributed by atoms with E-state index in [1.54, 1.807) is 23.5 Å². The predicted octanol–water partition coefficient (Wildman–Crippen LogP) is 2.70. The van der Waals surface area contributed by atoms with Crippen molar-refractivity contribution in [1.82, 2.24) is 4.90 Å². The third kappa shape index (κ3) is 3.07. The van der Waals surface area contributed by atoms with E-state index in [0.29, 0.717) is 17.2 Å². The maximum absolute atomic E-state index is 12.6. The van der Waals surface area contributed by atoms with Crippen molar-refractivity contribution >= 4 is 23.2 Å². The highest BCUT2D eigenvalue weighted by Crippen LogP contribution is 2.34. The summed E-state index contributed by atoms with van der Waals surface area (Å²) in [5, 5.41) is 11.3. The maximum atomic E-state index is 12.6. The van der Waals surface area contributed by atoms with E-state index in [1.165, 1.54) is 11.3 Å². The molecular weight excluding hydrogens is 314 g/mol. The summed E-state index contributed by atoms with van der Waals surface area (Å²) in [4.78, 5) is 26.4. The lowest BCUT2D eigenvalue weighted by atomic mass is 9.89. The lowest BCUT2D eigenvalue weighted by Crippen LogP contribution is -2.29. The molecule has 1 fully saturated rings. The zero-order chi connectivity index (χ0) is 16.4. The molecule has 2 heterocycles. The lowest BCUT2D eigenvalue weighted by Gasteiger charge is -2.15. The molecule has 0 unspecified atom stereocenters. The molecule has 0 aliphatic carbocycles. The first kappa shape index (κ1) is 15.6. The molecule has 1 aliphatic heterocycles. The molecular formula is C17H17NO4S. The number of ether oxygens (including phenoxy) is 1. The van der Waals surface area contributed by atoms with Crippen LogP contribution in [0.2, 0.25) is 0 Å². The number of nitrogens with zero attached hydrogens (tertiary/aromatic N) is 1. The normalized spacial score (nSPS) is 20.5. The Labute approximate surface area is 138 Å². The highest BCUT2D eigenvalue weighted by Gasteiger charge is 2.40. The van der Waals surface area contributed by atoms with E-state index in [0.717, 1.165) is 5.56 Å². The second kappa shape index (κ2) is 6.42. The molecule has 0 spiro atoms. The Hall–Kier alpha value is -2.34. The molecule has 1 aromatic carbocycles. The number of thiophene rings is 1. The molecule has 1 saturated heterocycles. The van der Waals surface area contributed by atoms with Gasteiger partial charge in [0.2, 0.25) is 0 Å². The van der Waals surface area contributed by atoms with E-state index in [9.17, 15) is 14.7 Å². The number of aliphatic carboxylic acids is 1. The summed E-state index contributed by atoms with van der Waals surface area (Å²) >= 11 is 1.31. The van der Waals surface area contributed by atoms with Gasteiger partial charge in [-0.15, -0.1) is 11.3 Å². The van der Waals surface area contributed by atoms with Gasteiger partial charge in [0.15, 0.2) is 0 Å². The number of benzene rings is 1. The summed E-state index contributed by atoms with van der Waals surface area (Å²) in [6.45, 7) is 0.647. The van der Waals surface area contributed by atoms with E-state index < -0.39 is 11.9 Å². The summed E-state index contributed by atoms with van der Waals surface area (Å²) in [6.07, 6.45) is 0. The van der Waals surface area contributed by atoms with Crippen molar-refractivity contribution in [3.05, 3.63) is 52.2 Å². The van der Waals surface area contributed by atoms with E-state index in [2.05, 4.69) is 0 Å². The van der Waals surface area contributed by atoms with Gasteiger partial charge in [-0.2, -0.15) is 0 Å². The standard InChI is InChI=1S/C17H17NO4S/c1-22-12-7-15(23-10-12)16(19)18-8-13(14(9-18)17(20)21)11-5-3-2-4-6-11/h2-7,10,13-14H,8-9H2,1H3,(H,20,21)/t13-,14-/m0/s1. The molecule has 120 valence electrons. The first-order valence-corrected chi connectivity index (χ1v) is 8.17. The number of amides is 1. The monoisotopic (exact) mass is 331 g/mol. The molecule has 3 rings (SSSR count). The Kier molecular flexibility index (Phi) is 4.34. The third-order valence-electron chi connectivity index (χ3n) is 4.17. The van der Waals surface area contributed by atoms with Gasteiger partial charge < -0.3 is 14.7 Å². The first-order valence-electron chi connectivity index (χ1n) is 7.29. The second-order valence-electron chi connectivity index (χ2n) is 5.52. The van der Waals surface area contributed by atoms with Crippen LogP contribution in [-0.4, -0.2) is 42.1 Å². The van der Waals surface area contributed by atoms with Crippen LogP contribution in [0.1, 0.15) is 21.2 Å². The summed E-state index contributed by atoms with van der Waals surface area (Å²) in [5.41, 5.74) is 0.957. The molecule has 23 heavy (non-hydrogen) atoms. The Bertz CT molecular complexity index is 712. The molecule has 6 heteroatoms. The molecule has 0 bridgehead atoms. The minimum Gasteiger partial charge on any atom is -0.496 e. The van der Waals surface area contributed by atoms with Gasteiger partial charge in [0.25, 0.3) is 5.91 Å². The smallest absolute Gasteiger partial charge is 0.308 e. The van der Waals surface area contributed by atoms with E-state index in [-0.39, 0.29) is 18.4 Å². The number of hydrogen-bond donors (Lipinski definition) is 1. The van der Waals surface area contributed by atoms with Crippen molar-refractivity contribution in [1.29, 1.82) is 0 Å². The molecule has 5 nitrogen and oxygen atoms in total. The Balaban J connectivity index is 1.82. The fourth-order valence-electron chi connectivity index (χ4n) is 2.95. The largest absolute Gasteiger partial charge is 0.496 e. The van der Waals surface area contributed by atoms with Crippen LogP contribution in [0.25, 0.3) is 0 Å². The van der Waals surface area contributed by atoms with Crippen molar-refractivity contribution in [2.45, 2.75) is 5.92 Å². The van der Waals surface area contributed by atoms with E-state index >= 15 is 0 Å². The van der Waals surface area contributed by atoms with E-state index in [4.69, 9.17) is 4.74 Å². The number of hydrogen-bond acceptors (Lipinski definition) is 4. The molecule has 1 N–H and O–H groups in total. The second-order valence-corrected chi connectivity index (χ2v) is 6.43. The van der Waals surface area contributed by atoms with Gasteiger partial charge in [0, 0.05) is 30.5 Å². The minimum atomic E-state index is -0.863. The van der Waals surface area contributed by atoms with Crippen molar-refractivity contribution in [3.63, 3.8) is 0 Å². The Morgan fingerprint density at radius 1 is 1.26 bits per heavy atom. The number of methoxy groups -OCH3 is 1. The fourth-order valence-corrected chi connectivity index (χ4v) is 3.77. The molecule has 1 amide bonds. The average molecular weight is 331 g/mol. The average Bonchev–Trinajstić information content (AvgIpc) is 3.22. The van der Waals surface area contributed by atoms with Crippen LogP contribution in [0.5, 0.6) is 5.75 Å². The van der Waals surface area contributed by atoms with Crippen LogP contribution < -0.4 is 4.74 Å². The summed E-state index contributed by atoms with van der Waals surface area (Å²) in [7, 11) is 1.55. The van der Waals surface area contributed by atoms with Gasteiger partial charge in [0.05, 0.1) is 17.9 Å². The van der Waals surface area contributed by atoms with Gasteiger partial charge in [-0.1, -0.05) is 30.3 Å². The van der Waals surface area contributed by atoms with Crippen LogP contribution in [-0.2, 0) is 4.79 Å². The van der Waals surface area contributed by atoms with Gasteiger partial charge in [-0.25, -0.2) is 0 Å². The van der Waals surface area contributed by atoms with Gasteiger partial charge >= 0.3 is 5.97 Å². The molecule has 1 aromatic heterocycles. The van der Waals surface area contributed by atoms with Crippen LogP contribution in [0.15, 0.2) is 41.8 Å². The maximum Gasteiger partial charge on any atom is 0.308 e. The molecule has 1 aliphatic rings. The van der Waals surface area contributed by atoms with Gasteiger partial charge in [0.1, 0.15) is 5.75 Å². The lowest BCUT2D eigenvalue weighted by molar-refractivity contribution is -0.141. The van der Waals surface area contributed by atoms with Crippen molar-refractivity contribution in [2.24, 2.45) is 5.92 Å². The number of likely N-dealkylation sites (tertiary alicyclic amines) is 1. The van der Waals surface area contributed by atoms with Crippen LogP contribution in [0.4, 0.5) is 0 Å². The van der Waals surface area contributed by atoms with Crippen LogP contribution in [0.3, 0.4) is 0 Å². The predicted molar refractivity (Wildman–Crippen MR) is 87.1 cm³/mol. The quantitative estimate of drug-likeness (QED) is 0.935. The Morgan fingerprint density at radius 2 is 2.00 bits per heavy atom. The van der Waals surface area contributed by atoms with Crippen molar-refractivity contribution < 1.29 is 19.4 Å². The number of carbonyl (C=O) groups is 2. The number of carboxylic acid groups (broad SMARTS) is 1. The summed E-state index contributed by atoms with van der Waals surface area (Å²) in [5.74, 6) is -1.12. The Morgan fingerprint density at radius 3 is 2.61 bits per heavy atom. The molecule has 0 saturated carbocycles. The number of carboxylic acids is 1. The molecule has 2 atom stereocenters. The highest BCUT2D eigenvalue weighted by molar-refractivity contribution is 7.12. The van der Waals surface area contributed by atoms with Crippen LogP contribution >= 0.6 is 11.3 Å². The zero-order valence-electron chi connectivity index (χ0n) is 12.6. The topological polar surface area (TPSA) is 66.8 Å². The number of carbonyl (C=O) groups excluding carboxylic acids is 1. The third-order valence-corrected chi connectivity index (χ3v) is 5.07. The highest BCUT2D eigenvalue weighted by atomic mass is 32.1. The van der Waals surface area contributed by atoms with Crippen LogP contribution in [0, 0.1) is 5.92 Å². The minimum absolute atomic E-state index is 0.136. The first-order chi connectivity index (χ1) is 11.1. The van der Waals surface area contributed by atoms with Gasteiger partial charge in [-0.3, -0.25) is 9.59 Å². The van der Waals surface area contributed by atoms with Gasteiger partial charge in [-0.05, 0) is 5.56 Å². The summed E-state index contributed by atoms with van der Waals surface area (Å²) < 4.78 is 5.10. The number of rotatable bonds is 4. The van der Waals surface area contributed by atoms with Crippen molar-refractivity contribution in [2.75, 3.05) is 20.2 Å². The fraction of sp³-hybridized carbons (Fsp3) is 0.294.